The molecule has 0 aliphatic rings. The molecule has 2 N–H and O–H groups in total. The molecule has 4 heteroatoms. The van der Waals surface area contributed by atoms with Crippen molar-refractivity contribution in [3.05, 3.63) is 91.0 Å². The Morgan fingerprint density at radius 1 is 0.808 bits per heavy atom. The first-order valence-corrected chi connectivity index (χ1v) is 10.6. The molecule has 0 saturated carbocycles. The van der Waals surface area contributed by atoms with Crippen LogP contribution in [0.4, 0.5) is 4.79 Å². The van der Waals surface area contributed by atoms with Crippen LogP contribution >= 0.6 is 7.26 Å². The molecular weight excluding hydrogens is 341 g/mol. The Labute approximate surface area is 155 Å². The third kappa shape index (κ3) is 3.79. The van der Waals surface area contributed by atoms with E-state index < -0.39 is 13.4 Å². The number of carbonyl (C=O) groups is 1. The maximum absolute atomic E-state index is 11.2. The van der Waals surface area contributed by atoms with E-state index in [1.165, 1.54) is 15.9 Å². The molecule has 0 saturated heterocycles. The minimum atomic E-state index is -1.99. The highest BCUT2D eigenvalue weighted by molar-refractivity contribution is 7.95. The molecule has 0 radical (unpaired) electrons. The zero-order valence-electron chi connectivity index (χ0n) is 14.7. The number of rotatable bonds is 6. The quantitative estimate of drug-likeness (QED) is 0.656. The summed E-state index contributed by atoms with van der Waals surface area (Å²) >= 11 is 0. The van der Waals surface area contributed by atoms with Gasteiger partial charge in [-0.05, 0) is 43.3 Å². The summed E-state index contributed by atoms with van der Waals surface area (Å²) in [5.41, 5.74) is 0. The van der Waals surface area contributed by atoms with Crippen LogP contribution in [0.25, 0.3) is 0 Å². The molecule has 0 aromatic heterocycles. The van der Waals surface area contributed by atoms with Gasteiger partial charge in [-0.25, -0.2) is 4.79 Å². The van der Waals surface area contributed by atoms with E-state index in [-0.39, 0.29) is 6.04 Å². The lowest BCUT2D eigenvalue weighted by Crippen LogP contribution is -2.42. The summed E-state index contributed by atoms with van der Waals surface area (Å²) in [6.07, 6.45) is -0.248. The summed E-state index contributed by atoms with van der Waals surface area (Å²) in [6, 6.07) is 31.3. The largest absolute Gasteiger partial charge is 0.465 e. The highest BCUT2D eigenvalue weighted by Gasteiger charge is 2.46. The third-order valence-electron chi connectivity index (χ3n) is 4.51. The second kappa shape index (κ2) is 8.16. The molecule has 3 aromatic carbocycles. The van der Waals surface area contributed by atoms with E-state index >= 15 is 0 Å². The molecule has 0 aliphatic heterocycles. The van der Waals surface area contributed by atoms with Crippen LogP contribution in [-0.2, 0) is 0 Å². The Morgan fingerprint density at radius 3 is 1.46 bits per heavy atom. The second-order valence-electron chi connectivity index (χ2n) is 6.35. The van der Waals surface area contributed by atoms with Gasteiger partial charge in [0.05, 0.1) is 12.2 Å². The van der Waals surface area contributed by atoms with Crippen LogP contribution in [0, 0.1) is 0 Å². The van der Waals surface area contributed by atoms with Gasteiger partial charge in [-0.2, -0.15) is 0 Å². The SMILES string of the molecule is CC(C[P+](c1ccccc1)(c1ccccc1)c1ccccc1)NC(=O)O. The van der Waals surface area contributed by atoms with Crippen molar-refractivity contribution < 1.29 is 9.90 Å². The van der Waals surface area contributed by atoms with E-state index in [0.29, 0.717) is 0 Å². The van der Waals surface area contributed by atoms with Crippen LogP contribution in [0.1, 0.15) is 6.92 Å². The van der Waals surface area contributed by atoms with Crippen molar-refractivity contribution in [1.82, 2.24) is 5.32 Å². The van der Waals surface area contributed by atoms with Gasteiger partial charge in [-0.3, -0.25) is 0 Å². The third-order valence-corrected chi connectivity index (χ3v) is 9.14. The Morgan fingerprint density at radius 2 is 1.15 bits per heavy atom. The zero-order chi connectivity index (χ0) is 18.4. The molecule has 3 aromatic rings. The predicted octanol–water partition coefficient (Wildman–Crippen LogP) is 3.64. The first-order chi connectivity index (χ1) is 12.6. The van der Waals surface area contributed by atoms with Crippen LogP contribution in [0.2, 0.25) is 0 Å². The van der Waals surface area contributed by atoms with Crippen molar-refractivity contribution >= 4 is 29.3 Å². The molecule has 0 heterocycles. The summed E-state index contributed by atoms with van der Waals surface area (Å²) in [5.74, 6) is 0. The molecule has 0 aliphatic carbocycles. The fourth-order valence-electron chi connectivity index (χ4n) is 3.48. The maximum atomic E-state index is 11.2. The van der Waals surface area contributed by atoms with Gasteiger partial charge in [0, 0.05) is 0 Å². The summed E-state index contributed by atoms with van der Waals surface area (Å²) in [6.45, 7) is 1.94. The van der Waals surface area contributed by atoms with Crippen molar-refractivity contribution in [3.63, 3.8) is 0 Å². The van der Waals surface area contributed by atoms with E-state index in [0.717, 1.165) is 6.16 Å². The summed E-state index contributed by atoms with van der Waals surface area (Å²) in [5, 5.41) is 15.6. The number of benzene rings is 3. The Kier molecular flexibility index (Phi) is 5.70. The fourth-order valence-corrected chi connectivity index (χ4v) is 7.96. The molecule has 1 atom stereocenters. The molecule has 0 spiro atoms. The van der Waals surface area contributed by atoms with Gasteiger partial charge in [-0.1, -0.05) is 54.6 Å². The van der Waals surface area contributed by atoms with Gasteiger partial charge in [0.15, 0.2) is 0 Å². The highest BCUT2D eigenvalue weighted by Crippen LogP contribution is 2.55. The average molecular weight is 364 g/mol. The minimum Gasteiger partial charge on any atom is -0.465 e. The molecule has 3 rings (SSSR count). The number of hydrogen-bond acceptors (Lipinski definition) is 1. The van der Waals surface area contributed by atoms with E-state index in [1.54, 1.807) is 0 Å². The van der Waals surface area contributed by atoms with Gasteiger partial charge in [-0.15, -0.1) is 0 Å². The van der Waals surface area contributed by atoms with Crippen molar-refractivity contribution in [1.29, 1.82) is 0 Å². The van der Waals surface area contributed by atoms with Crippen LogP contribution < -0.4 is 21.2 Å². The first-order valence-electron chi connectivity index (χ1n) is 8.67. The van der Waals surface area contributed by atoms with Crippen molar-refractivity contribution in [2.75, 3.05) is 6.16 Å². The Hall–Kier alpha value is -2.64. The Bertz CT molecular complexity index is 741. The Balaban J connectivity index is 2.23. The molecule has 0 fully saturated rings. The molecule has 0 bridgehead atoms. The lowest BCUT2D eigenvalue weighted by atomic mass is 10.3. The van der Waals surface area contributed by atoms with Gasteiger partial charge in [0.2, 0.25) is 0 Å². The summed E-state index contributed by atoms with van der Waals surface area (Å²) < 4.78 is 0. The maximum Gasteiger partial charge on any atom is 0.405 e. The normalized spacial score (nSPS) is 12.3. The second-order valence-corrected chi connectivity index (χ2v) is 9.88. The molecule has 1 unspecified atom stereocenters. The lowest BCUT2D eigenvalue weighted by Gasteiger charge is -2.30. The van der Waals surface area contributed by atoms with E-state index in [1.807, 2.05) is 25.1 Å². The van der Waals surface area contributed by atoms with E-state index in [2.05, 4.69) is 78.1 Å². The van der Waals surface area contributed by atoms with Crippen molar-refractivity contribution in [2.24, 2.45) is 0 Å². The molecular formula is C22H23NO2P+. The zero-order valence-corrected chi connectivity index (χ0v) is 15.6. The predicted molar refractivity (Wildman–Crippen MR) is 111 cm³/mol. The monoisotopic (exact) mass is 364 g/mol. The first kappa shape index (κ1) is 18.2. The number of hydrogen-bond donors (Lipinski definition) is 2. The van der Waals surface area contributed by atoms with Gasteiger partial charge >= 0.3 is 6.09 Å². The minimum absolute atomic E-state index is 0.165. The number of carboxylic acid groups (broad SMARTS) is 1. The van der Waals surface area contributed by atoms with Crippen LogP contribution in [0.3, 0.4) is 0 Å². The lowest BCUT2D eigenvalue weighted by molar-refractivity contribution is 0.192. The van der Waals surface area contributed by atoms with E-state index in [4.69, 9.17) is 0 Å². The summed E-state index contributed by atoms with van der Waals surface area (Å²) in [7, 11) is -1.99. The molecule has 3 nitrogen and oxygen atoms in total. The fraction of sp³-hybridized carbons (Fsp3) is 0.136. The molecule has 1 amide bonds. The van der Waals surface area contributed by atoms with Crippen molar-refractivity contribution in [3.8, 4) is 0 Å². The van der Waals surface area contributed by atoms with Gasteiger partial charge in [0.25, 0.3) is 0 Å². The van der Waals surface area contributed by atoms with Gasteiger partial charge in [0.1, 0.15) is 23.2 Å². The number of nitrogens with one attached hydrogen (secondary N) is 1. The smallest absolute Gasteiger partial charge is 0.405 e. The van der Waals surface area contributed by atoms with Gasteiger partial charge < -0.3 is 10.4 Å². The van der Waals surface area contributed by atoms with Crippen LogP contribution in [-0.4, -0.2) is 23.4 Å². The van der Waals surface area contributed by atoms with Crippen LogP contribution in [0.5, 0.6) is 0 Å². The summed E-state index contributed by atoms with van der Waals surface area (Å²) in [4.78, 5) is 11.2. The standard InChI is InChI=1S/C22H22NO2P/c1-18(23-22(24)25)17-26(19-11-5-2-6-12-19,20-13-7-3-8-14-20)21-15-9-4-10-16-21/h2-16,18,23H,17H2,1H3/p+1. The molecule has 132 valence electrons. The average Bonchev–Trinajstić information content (AvgIpc) is 2.67. The number of amides is 1. The highest BCUT2D eigenvalue weighted by atomic mass is 31.2. The topological polar surface area (TPSA) is 49.3 Å². The molecule has 26 heavy (non-hydrogen) atoms. The van der Waals surface area contributed by atoms with Crippen molar-refractivity contribution in [2.45, 2.75) is 13.0 Å². The van der Waals surface area contributed by atoms with E-state index in [9.17, 15) is 9.90 Å². The van der Waals surface area contributed by atoms with Crippen LogP contribution in [0.15, 0.2) is 91.0 Å².